The first-order valence-corrected chi connectivity index (χ1v) is 7.63. The summed E-state index contributed by atoms with van der Waals surface area (Å²) < 4.78 is 23.8. The molecule has 3 rings (SSSR count). The van der Waals surface area contributed by atoms with Crippen LogP contribution in [0, 0.1) is 0 Å². The molecule has 0 bridgehead atoms. The fourth-order valence-electron chi connectivity index (χ4n) is 1.70. The molecule has 108 valence electrons. The molecule has 1 aromatic carbocycles. The highest BCUT2D eigenvalue weighted by atomic mass is 35.5. The Morgan fingerprint density at radius 3 is 2.57 bits per heavy atom. The van der Waals surface area contributed by atoms with Gasteiger partial charge in [0.1, 0.15) is 0 Å². The second-order valence-corrected chi connectivity index (χ2v) is 6.04. The van der Waals surface area contributed by atoms with Crippen LogP contribution in [0.15, 0.2) is 41.6 Å². The monoisotopic (exact) mass is 324 g/mol. The first-order valence-electron chi connectivity index (χ1n) is 5.70. The van der Waals surface area contributed by atoms with Crippen molar-refractivity contribution in [2.75, 3.05) is 5.32 Å². The normalized spacial score (nSPS) is 11.7. The van der Waals surface area contributed by atoms with E-state index >= 15 is 0 Å². The summed E-state index contributed by atoms with van der Waals surface area (Å²) in [6.07, 6.45) is 3.12. The highest BCUT2D eigenvalue weighted by molar-refractivity contribution is 7.89. The van der Waals surface area contributed by atoms with Crippen molar-refractivity contribution in [2.24, 2.45) is 5.14 Å². The third-order valence-electron chi connectivity index (χ3n) is 2.65. The number of nitrogens with zero attached hydrogens (tertiary/aromatic N) is 4. The maximum absolute atomic E-state index is 11.2. The largest absolute Gasteiger partial charge is 0.323 e. The molecule has 2 heterocycles. The Morgan fingerprint density at radius 1 is 1.24 bits per heavy atom. The summed E-state index contributed by atoms with van der Waals surface area (Å²) in [4.78, 5) is 8.11. The number of nitrogens with two attached hydrogens (primary N) is 1. The second-order valence-electron chi connectivity index (χ2n) is 4.12. The Kier molecular flexibility index (Phi) is 3.24. The summed E-state index contributed by atoms with van der Waals surface area (Å²) in [5.41, 5.74) is 1.03. The molecule has 0 saturated carbocycles. The third kappa shape index (κ3) is 2.79. The maximum Gasteiger partial charge on any atom is 0.247 e. The number of halogens is 1. The summed E-state index contributed by atoms with van der Waals surface area (Å²) in [6.45, 7) is 0. The smallest absolute Gasteiger partial charge is 0.247 e. The molecule has 21 heavy (non-hydrogen) atoms. The van der Waals surface area contributed by atoms with Crippen molar-refractivity contribution in [1.29, 1.82) is 0 Å². The van der Waals surface area contributed by atoms with E-state index in [1.807, 2.05) is 0 Å². The Labute approximate surface area is 124 Å². The van der Waals surface area contributed by atoms with E-state index in [0.717, 1.165) is 0 Å². The number of benzene rings is 1. The second kappa shape index (κ2) is 4.95. The van der Waals surface area contributed by atoms with Crippen LogP contribution in [0.5, 0.6) is 0 Å². The van der Waals surface area contributed by atoms with Crippen molar-refractivity contribution in [3.63, 3.8) is 0 Å². The number of hydrogen-bond donors (Lipinski definition) is 2. The van der Waals surface area contributed by atoms with E-state index in [2.05, 4.69) is 20.4 Å². The number of hydrogen-bond acceptors (Lipinski definition) is 6. The molecule has 10 heteroatoms. The van der Waals surface area contributed by atoms with Crippen LogP contribution in [-0.4, -0.2) is 28.0 Å². The Bertz CT molecular complexity index is 906. The SMILES string of the molecule is NS(=O)(=O)c1ccc(Nc2nc3c(Cl)nccn3n2)cc1. The molecular weight excluding hydrogens is 316 g/mol. The lowest BCUT2D eigenvalue weighted by atomic mass is 10.3. The minimum absolute atomic E-state index is 0.0308. The van der Waals surface area contributed by atoms with Crippen LogP contribution in [0.4, 0.5) is 11.6 Å². The van der Waals surface area contributed by atoms with Crippen molar-refractivity contribution in [1.82, 2.24) is 19.6 Å². The summed E-state index contributed by atoms with van der Waals surface area (Å²) in [6, 6.07) is 5.90. The molecule has 0 unspecified atom stereocenters. The zero-order chi connectivity index (χ0) is 15.0. The van der Waals surface area contributed by atoms with Gasteiger partial charge < -0.3 is 5.32 Å². The van der Waals surface area contributed by atoms with Crippen molar-refractivity contribution >= 4 is 38.9 Å². The number of anilines is 2. The van der Waals surface area contributed by atoms with E-state index < -0.39 is 10.0 Å². The Hall–Kier alpha value is -2.23. The first-order chi connectivity index (χ1) is 9.93. The molecule has 0 aliphatic rings. The van der Waals surface area contributed by atoms with Gasteiger partial charge in [0.25, 0.3) is 0 Å². The minimum Gasteiger partial charge on any atom is -0.323 e. The van der Waals surface area contributed by atoms with Crippen LogP contribution >= 0.6 is 11.6 Å². The number of fused-ring (bicyclic) bond motifs is 1. The Morgan fingerprint density at radius 2 is 1.95 bits per heavy atom. The van der Waals surface area contributed by atoms with Crippen molar-refractivity contribution in [3.05, 3.63) is 41.8 Å². The minimum atomic E-state index is -3.71. The molecule has 0 fully saturated rings. The van der Waals surface area contributed by atoms with Crippen LogP contribution in [0.25, 0.3) is 5.65 Å². The molecule has 0 aliphatic heterocycles. The lowest BCUT2D eigenvalue weighted by Gasteiger charge is -2.02. The molecule has 0 amide bonds. The van der Waals surface area contributed by atoms with E-state index in [4.69, 9.17) is 16.7 Å². The molecule has 0 aliphatic carbocycles. The van der Waals surface area contributed by atoms with Crippen molar-refractivity contribution < 1.29 is 8.42 Å². The maximum atomic E-state index is 11.2. The van der Waals surface area contributed by atoms with E-state index in [9.17, 15) is 8.42 Å². The summed E-state index contributed by atoms with van der Waals surface area (Å²) in [5.74, 6) is 0.313. The van der Waals surface area contributed by atoms with Crippen molar-refractivity contribution in [3.8, 4) is 0 Å². The van der Waals surface area contributed by atoms with E-state index in [0.29, 0.717) is 17.3 Å². The van der Waals surface area contributed by atoms with Gasteiger partial charge in [0.05, 0.1) is 4.90 Å². The van der Waals surface area contributed by atoms with E-state index in [1.54, 1.807) is 18.3 Å². The lowest BCUT2D eigenvalue weighted by Crippen LogP contribution is -2.11. The molecule has 8 nitrogen and oxygen atoms in total. The fourth-order valence-corrected chi connectivity index (χ4v) is 2.40. The molecular formula is C11H9ClN6O2S. The lowest BCUT2D eigenvalue weighted by molar-refractivity contribution is 0.598. The van der Waals surface area contributed by atoms with Gasteiger partial charge in [0.2, 0.25) is 16.0 Å². The van der Waals surface area contributed by atoms with Crippen LogP contribution < -0.4 is 10.5 Å². The van der Waals surface area contributed by atoms with Gasteiger partial charge in [-0.05, 0) is 24.3 Å². The zero-order valence-electron chi connectivity index (χ0n) is 10.4. The van der Waals surface area contributed by atoms with Gasteiger partial charge in [-0.15, -0.1) is 5.10 Å². The number of aromatic nitrogens is 4. The molecule has 2 aromatic heterocycles. The Balaban J connectivity index is 1.90. The zero-order valence-corrected chi connectivity index (χ0v) is 12.0. The van der Waals surface area contributed by atoms with Gasteiger partial charge in [-0.3, -0.25) is 0 Å². The average Bonchev–Trinajstić information content (AvgIpc) is 2.82. The van der Waals surface area contributed by atoms with Crippen LogP contribution in [0.2, 0.25) is 5.15 Å². The van der Waals surface area contributed by atoms with Crippen LogP contribution in [-0.2, 0) is 10.0 Å². The highest BCUT2D eigenvalue weighted by Gasteiger charge is 2.09. The van der Waals surface area contributed by atoms with Crippen LogP contribution in [0.3, 0.4) is 0 Å². The number of nitrogens with one attached hydrogen (secondary N) is 1. The molecule has 3 N–H and O–H groups in total. The summed E-state index contributed by atoms with van der Waals surface area (Å²) in [7, 11) is -3.71. The van der Waals surface area contributed by atoms with Gasteiger partial charge in [-0.1, -0.05) is 11.6 Å². The topological polar surface area (TPSA) is 115 Å². The average molecular weight is 325 g/mol. The molecule has 3 aromatic rings. The van der Waals surface area contributed by atoms with Crippen molar-refractivity contribution in [2.45, 2.75) is 4.90 Å². The predicted octanol–water partition coefficient (Wildman–Crippen LogP) is 1.17. The van der Waals surface area contributed by atoms with E-state index in [-0.39, 0.29) is 10.0 Å². The quantitative estimate of drug-likeness (QED) is 0.747. The standard InChI is InChI=1S/C11H9ClN6O2S/c12-9-10-16-11(17-18(10)6-5-14-9)15-7-1-3-8(4-2-7)21(13,19)20/h1-6H,(H,15,17)(H2,13,19,20). The van der Waals surface area contributed by atoms with Crippen LogP contribution in [0.1, 0.15) is 0 Å². The summed E-state index contributed by atoms with van der Waals surface area (Å²) in [5, 5.41) is 12.4. The van der Waals surface area contributed by atoms with Gasteiger partial charge >= 0.3 is 0 Å². The van der Waals surface area contributed by atoms with Gasteiger partial charge in [0.15, 0.2) is 10.8 Å². The fraction of sp³-hybridized carbons (Fsp3) is 0. The number of rotatable bonds is 3. The third-order valence-corrected chi connectivity index (χ3v) is 3.85. The summed E-state index contributed by atoms with van der Waals surface area (Å²) >= 11 is 5.90. The predicted molar refractivity (Wildman–Crippen MR) is 76.9 cm³/mol. The van der Waals surface area contributed by atoms with Gasteiger partial charge in [-0.2, -0.15) is 4.98 Å². The number of primary sulfonamides is 1. The highest BCUT2D eigenvalue weighted by Crippen LogP contribution is 2.18. The first kappa shape index (κ1) is 13.7. The van der Waals surface area contributed by atoms with Gasteiger partial charge in [0, 0.05) is 18.1 Å². The van der Waals surface area contributed by atoms with E-state index in [1.165, 1.54) is 22.8 Å². The molecule has 0 saturated heterocycles. The van der Waals surface area contributed by atoms with Gasteiger partial charge in [-0.25, -0.2) is 23.1 Å². The molecule has 0 radical (unpaired) electrons. The number of sulfonamides is 1. The molecule has 0 atom stereocenters. The molecule has 0 spiro atoms.